The molecule has 1 aromatic carbocycles. The van der Waals surface area contributed by atoms with Gasteiger partial charge in [0.2, 0.25) is 5.91 Å². The van der Waals surface area contributed by atoms with Crippen molar-refractivity contribution in [2.24, 2.45) is 0 Å². The molecule has 0 saturated carbocycles. The Morgan fingerprint density at radius 2 is 1.02 bits per heavy atom. The van der Waals surface area contributed by atoms with Crippen molar-refractivity contribution in [3.63, 3.8) is 0 Å². The van der Waals surface area contributed by atoms with Gasteiger partial charge in [0.1, 0.15) is 11.8 Å². The monoisotopic (exact) mass is 701 g/mol. The number of aliphatic carboxylic acids is 7. The van der Waals surface area contributed by atoms with E-state index in [0.717, 1.165) is 9.80 Å². The number of carboxylic acid groups (broad SMARTS) is 7. The van der Waals surface area contributed by atoms with Crippen LogP contribution in [0.2, 0.25) is 0 Å². The van der Waals surface area contributed by atoms with Crippen molar-refractivity contribution >= 4 is 53.4 Å². The normalized spacial score (nSPS) is 11.8. The molecule has 0 bridgehead atoms. The molecule has 0 aromatic heterocycles. The molecule has 1 rings (SSSR count). The van der Waals surface area contributed by atoms with Crippen LogP contribution in [-0.4, -0.2) is 182 Å². The maximum atomic E-state index is 12.9. The number of nitrogens with one attached hydrogen (secondary N) is 1. The highest BCUT2D eigenvalue weighted by Crippen LogP contribution is 2.33. The topological polar surface area (TPSA) is 312 Å². The lowest BCUT2D eigenvalue weighted by molar-refractivity contribution is -0.146. The van der Waals surface area contributed by atoms with E-state index in [2.05, 4.69) is 5.32 Å². The highest BCUT2D eigenvalue weighted by molar-refractivity contribution is 5.89. The highest BCUT2D eigenvalue weighted by atomic mass is 16.5. The summed E-state index contributed by atoms with van der Waals surface area (Å²) in [6.45, 7) is -4.80. The molecule has 0 aliphatic rings. The van der Waals surface area contributed by atoms with E-state index < -0.39 is 93.1 Å². The fraction of sp³-hybridized carbons (Fsp3) is 0.500. The third kappa shape index (κ3) is 17.4. The van der Waals surface area contributed by atoms with Crippen LogP contribution in [-0.2, 0) is 38.4 Å². The van der Waals surface area contributed by atoms with E-state index in [0.29, 0.717) is 0 Å². The Hall–Kier alpha value is -5.38. The third-order valence-corrected chi connectivity index (χ3v) is 6.51. The van der Waals surface area contributed by atoms with Crippen molar-refractivity contribution in [1.82, 2.24) is 19.6 Å². The number of carboxylic acids is 7. The standard InChI is InChI=1S/C28H39N5O16/c1-17(34)29-18-2-3-20(49-16-26(45)46)19(10-18)27(28(47)48)33(9-7-32(14-24(41)42)15-25(43)44)8-6-30(11-21(35)36)4-5-31(12-22(37)38)13-23(39)40/h2-3,10,27H,4-9,11-16H2,1H3,(H,29,34)(H,35,36)(H,37,38)(H,39,40)(H,41,42)(H,43,44)(H,45,46)(H,47,48). The summed E-state index contributed by atoms with van der Waals surface area (Å²) >= 11 is 0. The summed E-state index contributed by atoms with van der Waals surface area (Å²) in [7, 11) is 0. The van der Waals surface area contributed by atoms with E-state index in [9.17, 15) is 58.8 Å². The average Bonchev–Trinajstić information content (AvgIpc) is 2.94. The van der Waals surface area contributed by atoms with Gasteiger partial charge >= 0.3 is 41.8 Å². The first kappa shape index (κ1) is 41.6. The van der Waals surface area contributed by atoms with Gasteiger partial charge in [-0.25, -0.2) is 4.79 Å². The molecule has 1 amide bonds. The van der Waals surface area contributed by atoms with Crippen LogP contribution < -0.4 is 10.1 Å². The summed E-state index contributed by atoms with van der Waals surface area (Å²) in [5.74, 6) is -10.5. The van der Waals surface area contributed by atoms with Crippen molar-refractivity contribution in [3.05, 3.63) is 23.8 Å². The first-order chi connectivity index (χ1) is 22.9. The molecule has 0 aliphatic carbocycles. The first-order valence-electron chi connectivity index (χ1n) is 14.4. The third-order valence-electron chi connectivity index (χ3n) is 6.51. The van der Waals surface area contributed by atoms with Crippen molar-refractivity contribution in [2.45, 2.75) is 13.0 Å². The molecule has 21 nitrogen and oxygen atoms in total. The van der Waals surface area contributed by atoms with E-state index in [4.69, 9.17) is 20.1 Å². The average molecular weight is 702 g/mol. The minimum absolute atomic E-state index is 0.0965. The number of carbonyl (C=O) groups is 8. The zero-order chi connectivity index (χ0) is 37.3. The summed E-state index contributed by atoms with van der Waals surface area (Å²) in [4.78, 5) is 97.3. The largest absolute Gasteiger partial charge is 0.482 e. The smallest absolute Gasteiger partial charge is 0.341 e. The van der Waals surface area contributed by atoms with E-state index in [1.807, 2.05) is 0 Å². The number of anilines is 1. The molecule has 21 heteroatoms. The Morgan fingerprint density at radius 1 is 0.612 bits per heavy atom. The maximum Gasteiger partial charge on any atom is 0.341 e. The van der Waals surface area contributed by atoms with Gasteiger partial charge in [-0.15, -0.1) is 0 Å². The fourth-order valence-corrected chi connectivity index (χ4v) is 4.65. The molecule has 8 N–H and O–H groups in total. The molecule has 1 atom stereocenters. The zero-order valence-corrected chi connectivity index (χ0v) is 26.4. The molecule has 1 aromatic rings. The Balaban J connectivity index is 3.62. The molecular formula is C28H39N5O16. The minimum Gasteiger partial charge on any atom is -0.482 e. The van der Waals surface area contributed by atoms with Gasteiger partial charge in [0.05, 0.1) is 32.7 Å². The molecule has 0 fully saturated rings. The van der Waals surface area contributed by atoms with Crippen molar-refractivity contribution in [2.75, 3.05) is 83.9 Å². The van der Waals surface area contributed by atoms with Gasteiger partial charge in [-0.2, -0.15) is 0 Å². The SMILES string of the molecule is CC(=O)Nc1ccc(OCC(=O)O)c(C(C(=O)O)N(CCN(CCN(CC(=O)O)CC(=O)O)CC(=O)O)CCN(CC(=O)O)CC(=O)O)c1. The number of amides is 1. The Morgan fingerprint density at radius 3 is 1.43 bits per heavy atom. The molecule has 1 unspecified atom stereocenters. The van der Waals surface area contributed by atoms with E-state index in [1.165, 1.54) is 34.9 Å². The van der Waals surface area contributed by atoms with E-state index in [-0.39, 0.29) is 56.3 Å². The predicted molar refractivity (Wildman–Crippen MR) is 163 cm³/mol. The van der Waals surface area contributed by atoms with E-state index in [1.54, 1.807) is 0 Å². The lowest BCUT2D eigenvalue weighted by atomic mass is 10.0. The Bertz CT molecular complexity index is 1340. The lowest BCUT2D eigenvalue weighted by Crippen LogP contribution is -2.47. The Kier molecular flexibility index (Phi) is 17.7. The molecule has 0 spiro atoms. The lowest BCUT2D eigenvalue weighted by Gasteiger charge is -2.34. The zero-order valence-electron chi connectivity index (χ0n) is 26.4. The number of benzene rings is 1. The van der Waals surface area contributed by atoms with Crippen molar-refractivity contribution in [1.29, 1.82) is 0 Å². The van der Waals surface area contributed by atoms with Gasteiger partial charge in [-0.05, 0) is 18.2 Å². The summed E-state index contributed by atoms with van der Waals surface area (Å²) in [5.41, 5.74) is -0.0684. The summed E-state index contributed by atoms with van der Waals surface area (Å²) < 4.78 is 5.32. The van der Waals surface area contributed by atoms with Crippen LogP contribution in [0.4, 0.5) is 5.69 Å². The first-order valence-corrected chi connectivity index (χ1v) is 14.4. The molecule has 0 radical (unpaired) electrons. The number of ether oxygens (including phenoxy) is 1. The molecular weight excluding hydrogens is 662 g/mol. The second-order valence-corrected chi connectivity index (χ2v) is 10.6. The number of hydrogen-bond acceptors (Lipinski definition) is 13. The molecule has 49 heavy (non-hydrogen) atoms. The second-order valence-electron chi connectivity index (χ2n) is 10.6. The second kappa shape index (κ2) is 20.8. The van der Waals surface area contributed by atoms with Crippen LogP contribution in [0.5, 0.6) is 5.75 Å². The van der Waals surface area contributed by atoms with Crippen molar-refractivity contribution in [3.8, 4) is 5.75 Å². The van der Waals surface area contributed by atoms with Crippen LogP contribution in [0, 0.1) is 0 Å². The predicted octanol–water partition coefficient (Wildman–Crippen LogP) is -2.13. The van der Waals surface area contributed by atoms with Crippen LogP contribution in [0.15, 0.2) is 18.2 Å². The van der Waals surface area contributed by atoms with Crippen molar-refractivity contribution < 1.29 is 78.8 Å². The van der Waals surface area contributed by atoms with Crippen LogP contribution in [0.25, 0.3) is 0 Å². The maximum absolute atomic E-state index is 12.9. The summed E-state index contributed by atoms with van der Waals surface area (Å²) in [6, 6.07) is 2.02. The molecule has 0 saturated heterocycles. The molecule has 0 heterocycles. The minimum atomic E-state index is -1.73. The number of rotatable bonds is 26. The van der Waals surface area contributed by atoms with E-state index >= 15 is 0 Å². The summed E-state index contributed by atoms with van der Waals surface area (Å²) in [6.07, 6.45) is 0. The Labute approximate surface area is 278 Å². The van der Waals surface area contributed by atoms with Gasteiger partial charge in [0.15, 0.2) is 6.61 Å². The number of hydrogen-bond donors (Lipinski definition) is 8. The van der Waals surface area contributed by atoms with Crippen LogP contribution in [0.1, 0.15) is 18.5 Å². The van der Waals surface area contributed by atoms with Gasteiger partial charge in [0.25, 0.3) is 0 Å². The van der Waals surface area contributed by atoms with Gasteiger partial charge in [-0.3, -0.25) is 53.2 Å². The fourth-order valence-electron chi connectivity index (χ4n) is 4.65. The number of carbonyl (C=O) groups excluding carboxylic acids is 1. The van der Waals surface area contributed by atoms with Crippen LogP contribution in [0.3, 0.4) is 0 Å². The quantitative estimate of drug-likeness (QED) is 0.0511. The van der Waals surface area contributed by atoms with Gasteiger partial charge in [0, 0.05) is 57.4 Å². The van der Waals surface area contributed by atoms with Gasteiger partial charge in [-0.1, -0.05) is 0 Å². The van der Waals surface area contributed by atoms with Crippen LogP contribution >= 0.6 is 0 Å². The number of nitrogens with zero attached hydrogens (tertiary/aromatic N) is 4. The molecule has 272 valence electrons. The summed E-state index contributed by atoms with van der Waals surface area (Å²) in [5, 5.41) is 68.4. The molecule has 0 aliphatic heterocycles. The highest BCUT2D eigenvalue weighted by Gasteiger charge is 2.32. The van der Waals surface area contributed by atoms with Gasteiger partial charge < -0.3 is 45.8 Å².